The molecule has 0 saturated heterocycles. The van der Waals surface area contributed by atoms with Crippen LogP contribution in [-0.2, 0) is 0 Å². The number of hydrogen-bond donors (Lipinski definition) is 0. The Bertz CT molecular complexity index is 184. The Morgan fingerprint density at radius 1 is 1.36 bits per heavy atom. The summed E-state index contributed by atoms with van der Waals surface area (Å²) in [6.07, 6.45) is 6.96. The van der Waals surface area contributed by atoms with Crippen molar-refractivity contribution in [1.29, 1.82) is 0 Å². The van der Waals surface area contributed by atoms with Crippen LogP contribution in [0, 0.1) is 17.8 Å². The van der Waals surface area contributed by atoms with E-state index in [9.17, 15) is 0 Å². The molecule has 1 aliphatic rings. The summed E-state index contributed by atoms with van der Waals surface area (Å²) in [7, 11) is 0. The Labute approximate surface area is 70.0 Å². The average Bonchev–Trinajstić information content (AvgIpc) is 1.85. The lowest BCUT2D eigenvalue weighted by atomic mass is 9.80. The van der Waals surface area contributed by atoms with Gasteiger partial charge >= 0.3 is 0 Å². The van der Waals surface area contributed by atoms with E-state index < -0.39 is 0 Å². The monoisotopic (exact) mass is 150 g/mol. The quantitative estimate of drug-likeness (QED) is 0.537. The standard InChI is InChI=1S/C11H18/c1-8(2)11-6-5-9(3)7-10(11)4/h5-8,10-11H,1-4H3. The van der Waals surface area contributed by atoms with E-state index in [1.165, 1.54) is 5.57 Å². The summed E-state index contributed by atoms with van der Waals surface area (Å²) in [4.78, 5) is 0. The molecule has 62 valence electrons. The second-order valence-corrected chi connectivity index (χ2v) is 3.95. The lowest BCUT2D eigenvalue weighted by Crippen LogP contribution is -2.16. The van der Waals surface area contributed by atoms with Gasteiger partial charge in [0, 0.05) is 0 Å². The fourth-order valence-corrected chi connectivity index (χ4v) is 1.85. The first-order valence-corrected chi connectivity index (χ1v) is 4.48. The van der Waals surface area contributed by atoms with Crippen LogP contribution in [0.15, 0.2) is 23.8 Å². The van der Waals surface area contributed by atoms with Gasteiger partial charge in [0.05, 0.1) is 0 Å². The summed E-state index contributed by atoms with van der Waals surface area (Å²) in [6.45, 7) is 9.06. The number of allylic oxidation sites excluding steroid dienone is 4. The first-order valence-electron chi connectivity index (χ1n) is 4.48. The van der Waals surface area contributed by atoms with Crippen molar-refractivity contribution in [2.24, 2.45) is 17.8 Å². The van der Waals surface area contributed by atoms with Crippen molar-refractivity contribution >= 4 is 0 Å². The molecule has 2 unspecified atom stereocenters. The van der Waals surface area contributed by atoms with E-state index in [1.807, 2.05) is 0 Å². The minimum absolute atomic E-state index is 0.722. The van der Waals surface area contributed by atoms with Crippen LogP contribution in [0.1, 0.15) is 27.7 Å². The molecule has 0 amide bonds. The molecule has 0 radical (unpaired) electrons. The van der Waals surface area contributed by atoms with Gasteiger partial charge in [0.25, 0.3) is 0 Å². The molecular formula is C11H18. The van der Waals surface area contributed by atoms with Crippen LogP contribution in [-0.4, -0.2) is 0 Å². The summed E-state index contributed by atoms with van der Waals surface area (Å²) in [6, 6.07) is 0. The van der Waals surface area contributed by atoms with E-state index in [4.69, 9.17) is 0 Å². The zero-order valence-corrected chi connectivity index (χ0v) is 7.96. The molecule has 0 aromatic heterocycles. The highest BCUT2D eigenvalue weighted by atomic mass is 14.2. The van der Waals surface area contributed by atoms with Crippen molar-refractivity contribution in [1.82, 2.24) is 0 Å². The predicted molar refractivity (Wildman–Crippen MR) is 50.4 cm³/mol. The molecule has 0 aromatic rings. The van der Waals surface area contributed by atoms with Crippen molar-refractivity contribution < 1.29 is 0 Å². The molecular weight excluding hydrogens is 132 g/mol. The largest absolute Gasteiger partial charge is 0.0803 e. The van der Waals surface area contributed by atoms with Crippen LogP contribution < -0.4 is 0 Å². The van der Waals surface area contributed by atoms with Crippen molar-refractivity contribution in [2.45, 2.75) is 27.7 Å². The fourth-order valence-electron chi connectivity index (χ4n) is 1.85. The van der Waals surface area contributed by atoms with Gasteiger partial charge < -0.3 is 0 Å². The van der Waals surface area contributed by atoms with Crippen LogP contribution in [0.2, 0.25) is 0 Å². The van der Waals surface area contributed by atoms with Gasteiger partial charge in [-0.05, 0) is 24.7 Å². The van der Waals surface area contributed by atoms with E-state index in [0.717, 1.165) is 17.8 Å². The molecule has 0 nitrogen and oxygen atoms in total. The second kappa shape index (κ2) is 3.25. The molecule has 2 atom stereocenters. The topological polar surface area (TPSA) is 0 Å². The summed E-state index contributed by atoms with van der Waals surface area (Å²) < 4.78 is 0. The lowest BCUT2D eigenvalue weighted by Gasteiger charge is -2.25. The lowest BCUT2D eigenvalue weighted by molar-refractivity contribution is 0.379. The zero-order valence-electron chi connectivity index (χ0n) is 7.96. The molecule has 0 aromatic carbocycles. The Morgan fingerprint density at radius 2 is 2.00 bits per heavy atom. The molecule has 11 heavy (non-hydrogen) atoms. The average molecular weight is 150 g/mol. The zero-order chi connectivity index (χ0) is 8.43. The Balaban J connectivity index is 2.69. The Morgan fingerprint density at radius 3 is 2.45 bits per heavy atom. The van der Waals surface area contributed by atoms with E-state index in [0.29, 0.717) is 0 Å². The Hall–Kier alpha value is -0.520. The van der Waals surface area contributed by atoms with Crippen LogP contribution in [0.5, 0.6) is 0 Å². The van der Waals surface area contributed by atoms with Gasteiger partial charge in [0.15, 0.2) is 0 Å². The van der Waals surface area contributed by atoms with Gasteiger partial charge in [-0.25, -0.2) is 0 Å². The van der Waals surface area contributed by atoms with Gasteiger partial charge in [-0.15, -0.1) is 0 Å². The summed E-state index contributed by atoms with van der Waals surface area (Å²) in [5, 5.41) is 0. The van der Waals surface area contributed by atoms with Crippen molar-refractivity contribution in [3.05, 3.63) is 23.8 Å². The van der Waals surface area contributed by atoms with Crippen molar-refractivity contribution in [2.75, 3.05) is 0 Å². The van der Waals surface area contributed by atoms with E-state index in [-0.39, 0.29) is 0 Å². The van der Waals surface area contributed by atoms with Crippen molar-refractivity contribution in [3.8, 4) is 0 Å². The molecule has 0 N–H and O–H groups in total. The third kappa shape index (κ3) is 1.95. The normalized spacial score (nSPS) is 30.8. The highest BCUT2D eigenvalue weighted by Gasteiger charge is 2.18. The Kier molecular flexibility index (Phi) is 2.53. The van der Waals surface area contributed by atoms with Gasteiger partial charge in [-0.2, -0.15) is 0 Å². The van der Waals surface area contributed by atoms with E-state index in [2.05, 4.69) is 45.9 Å². The minimum Gasteiger partial charge on any atom is -0.0803 e. The highest BCUT2D eigenvalue weighted by molar-refractivity contribution is 5.23. The fraction of sp³-hybridized carbons (Fsp3) is 0.636. The predicted octanol–water partition coefficient (Wildman–Crippen LogP) is 3.41. The van der Waals surface area contributed by atoms with Crippen molar-refractivity contribution in [3.63, 3.8) is 0 Å². The third-order valence-electron chi connectivity index (χ3n) is 2.48. The summed E-state index contributed by atoms with van der Waals surface area (Å²) in [5.74, 6) is 2.24. The number of rotatable bonds is 1. The van der Waals surface area contributed by atoms with Gasteiger partial charge in [-0.1, -0.05) is 44.6 Å². The van der Waals surface area contributed by atoms with Gasteiger partial charge in [-0.3, -0.25) is 0 Å². The molecule has 0 bridgehead atoms. The van der Waals surface area contributed by atoms with Crippen LogP contribution in [0.3, 0.4) is 0 Å². The van der Waals surface area contributed by atoms with E-state index in [1.54, 1.807) is 0 Å². The maximum absolute atomic E-state index is 2.37. The molecule has 0 saturated carbocycles. The summed E-state index contributed by atoms with van der Waals surface area (Å²) in [5.41, 5.74) is 1.41. The van der Waals surface area contributed by atoms with Crippen LogP contribution >= 0.6 is 0 Å². The molecule has 1 rings (SSSR count). The maximum atomic E-state index is 2.37. The summed E-state index contributed by atoms with van der Waals surface area (Å²) >= 11 is 0. The SMILES string of the molecule is CC1=CC(C)C(C(C)C)C=C1. The molecule has 0 spiro atoms. The highest BCUT2D eigenvalue weighted by Crippen LogP contribution is 2.28. The third-order valence-corrected chi connectivity index (χ3v) is 2.48. The van der Waals surface area contributed by atoms with Gasteiger partial charge in [0.2, 0.25) is 0 Å². The molecule has 1 aliphatic carbocycles. The first-order chi connectivity index (χ1) is 5.11. The second-order valence-electron chi connectivity index (χ2n) is 3.95. The maximum Gasteiger partial charge on any atom is -0.0147 e. The first kappa shape index (κ1) is 8.58. The molecule has 0 heteroatoms. The smallest absolute Gasteiger partial charge is 0.0147 e. The van der Waals surface area contributed by atoms with E-state index >= 15 is 0 Å². The van der Waals surface area contributed by atoms with Gasteiger partial charge in [0.1, 0.15) is 0 Å². The molecule has 0 aliphatic heterocycles. The molecule has 0 heterocycles. The van der Waals surface area contributed by atoms with Crippen LogP contribution in [0.25, 0.3) is 0 Å². The molecule has 0 fully saturated rings. The number of hydrogen-bond acceptors (Lipinski definition) is 0. The minimum atomic E-state index is 0.722. The van der Waals surface area contributed by atoms with Crippen LogP contribution in [0.4, 0.5) is 0 Å².